The van der Waals surface area contributed by atoms with Gasteiger partial charge in [-0.25, -0.2) is 4.98 Å². The zero-order valence-corrected chi connectivity index (χ0v) is 11.5. The highest BCUT2D eigenvalue weighted by Crippen LogP contribution is 2.32. The lowest BCUT2D eigenvalue weighted by Gasteiger charge is -2.21. The molecule has 2 aromatic rings. The van der Waals surface area contributed by atoms with Crippen LogP contribution in [0.1, 0.15) is 26.3 Å². The normalized spacial score (nSPS) is 11.8. The van der Waals surface area contributed by atoms with Gasteiger partial charge in [0.2, 0.25) is 5.88 Å². The largest absolute Gasteiger partial charge is 0.471 e. The van der Waals surface area contributed by atoms with Crippen LogP contribution in [0.15, 0.2) is 24.4 Å². The minimum absolute atomic E-state index is 0.0768. The van der Waals surface area contributed by atoms with Crippen LogP contribution < -0.4 is 4.74 Å². The molecule has 1 aromatic heterocycles. The summed E-state index contributed by atoms with van der Waals surface area (Å²) in [7, 11) is 0. The van der Waals surface area contributed by atoms with Crippen LogP contribution >= 0.6 is 11.6 Å². The third kappa shape index (κ3) is 2.57. The number of aromatic nitrogens is 1. The Balaban J connectivity index is 2.61. The Morgan fingerprint density at radius 3 is 2.56 bits per heavy atom. The molecule has 0 fully saturated rings. The van der Waals surface area contributed by atoms with Gasteiger partial charge in [-0.15, -0.1) is 0 Å². The summed E-state index contributed by atoms with van der Waals surface area (Å²) in [4.78, 5) is 4.25. The molecule has 96 valence electrons. The first kappa shape index (κ1) is 13.1. The molecule has 0 saturated heterocycles. The second kappa shape index (κ2) is 4.75. The van der Waals surface area contributed by atoms with Crippen LogP contribution in [-0.2, 0) is 6.61 Å². The van der Waals surface area contributed by atoms with E-state index in [1.54, 1.807) is 12.3 Å². The second-order valence-corrected chi connectivity index (χ2v) is 5.50. The Kier molecular flexibility index (Phi) is 3.46. The van der Waals surface area contributed by atoms with E-state index in [9.17, 15) is 5.11 Å². The van der Waals surface area contributed by atoms with Crippen LogP contribution in [0, 0.1) is 0 Å². The summed E-state index contributed by atoms with van der Waals surface area (Å²) in [5.41, 5.74) is 0.390. The van der Waals surface area contributed by atoms with Crippen molar-refractivity contribution in [2.24, 2.45) is 0 Å². The number of hydrogen-bond acceptors (Lipinski definition) is 3. The van der Waals surface area contributed by atoms with Gasteiger partial charge in [0.1, 0.15) is 5.60 Å². The number of hydrogen-bond donors (Lipinski definition) is 1. The number of halogens is 1. The molecule has 0 aliphatic heterocycles. The van der Waals surface area contributed by atoms with Gasteiger partial charge in [-0.1, -0.05) is 17.7 Å². The van der Waals surface area contributed by atoms with Crippen molar-refractivity contribution >= 4 is 22.4 Å². The molecule has 0 amide bonds. The Morgan fingerprint density at radius 2 is 1.94 bits per heavy atom. The molecule has 0 unspecified atom stereocenters. The zero-order chi connectivity index (χ0) is 13.3. The molecule has 3 nitrogen and oxygen atoms in total. The Labute approximate surface area is 111 Å². The maximum Gasteiger partial charge on any atom is 0.221 e. The van der Waals surface area contributed by atoms with Gasteiger partial charge in [0.15, 0.2) is 0 Å². The third-order valence-electron chi connectivity index (χ3n) is 2.50. The predicted octanol–water partition coefficient (Wildman–Crippen LogP) is 3.56. The average molecular weight is 266 g/mol. The highest BCUT2D eigenvalue weighted by atomic mass is 35.5. The van der Waals surface area contributed by atoms with E-state index in [-0.39, 0.29) is 12.2 Å². The lowest BCUT2D eigenvalue weighted by molar-refractivity contribution is 0.126. The smallest absolute Gasteiger partial charge is 0.221 e. The van der Waals surface area contributed by atoms with Crippen LogP contribution in [0.5, 0.6) is 5.88 Å². The minimum atomic E-state index is -0.316. The lowest BCUT2D eigenvalue weighted by atomic mass is 10.1. The summed E-state index contributed by atoms with van der Waals surface area (Å²) in [6.45, 7) is 5.83. The standard InChI is InChI=1S/C14H16ClNO2/c1-14(2,3)18-13-11-5-4-9(8-17)12(15)10(11)6-7-16-13/h4-7,17H,8H2,1-3H3. The number of fused-ring (bicyclic) bond motifs is 1. The van der Waals surface area contributed by atoms with Crippen molar-refractivity contribution < 1.29 is 9.84 Å². The van der Waals surface area contributed by atoms with Crippen molar-refractivity contribution in [2.45, 2.75) is 33.0 Å². The van der Waals surface area contributed by atoms with E-state index in [0.29, 0.717) is 16.5 Å². The van der Waals surface area contributed by atoms with Crippen molar-refractivity contribution in [1.82, 2.24) is 4.98 Å². The van der Waals surface area contributed by atoms with E-state index < -0.39 is 0 Å². The molecule has 4 heteroatoms. The van der Waals surface area contributed by atoms with Gasteiger partial charge in [-0.2, -0.15) is 0 Å². The number of benzene rings is 1. The van der Waals surface area contributed by atoms with Crippen molar-refractivity contribution in [2.75, 3.05) is 0 Å². The highest BCUT2D eigenvalue weighted by Gasteiger charge is 2.16. The van der Waals surface area contributed by atoms with E-state index in [2.05, 4.69) is 4.98 Å². The van der Waals surface area contributed by atoms with Crippen molar-refractivity contribution in [3.05, 3.63) is 35.0 Å². The van der Waals surface area contributed by atoms with Gasteiger partial charge in [0.25, 0.3) is 0 Å². The number of rotatable bonds is 2. The molecule has 0 bridgehead atoms. The molecule has 0 saturated carbocycles. The summed E-state index contributed by atoms with van der Waals surface area (Å²) < 4.78 is 5.81. The average Bonchev–Trinajstić information content (AvgIpc) is 2.28. The summed E-state index contributed by atoms with van der Waals surface area (Å²) >= 11 is 6.24. The van der Waals surface area contributed by atoms with Crippen LogP contribution in [0.2, 0.25) is 5.02 Å². The van der Waals surface area contributed by atoms with Crippen LogP contribution in [-0.4, -0.2) is 15.7 Å². The van der Waals surface area contributed by atoms with Gasteiger partial charge in [0.05, 0.1) is 11.6 Å². The van der Waals surface area contributed by atoms with Crippen molar-refractivity contribution in [3.63, 3.8) is 0 Å². The Morgan fingerprint density at radius 1 is 1.22 bits per heavy atom. The molecule has 0 radical (unpaired) electrons. The van der Waals surface area contributed by atoms with E-state index in [0.717, 1.165) is 10.8 Å². The zero-order valence-electron chi connectivity index (χ0n) is 10.7. The van der Waals surface area contributed by atoms with Crippen LogP contribution in [0.25, 0.3) is 10.8 Å². The monoisotopic (exact) mass is 265 g/mol. The number of ether oxygens (including phenoxy) is 1. The molecule has 0 spiro atoms. The SMILES string of the molecule is CC(C)(C)Oc1nccc2c(Cl)c(CO)ccc12. The van der Waals surface area contributed by atoms with Crippen LogP contribution in [0.3, 0.4) is 0 Å². The first-order valence-electron chi connectivity index (χ1n) is 5.78. The van der Waals surface area contributed by atoms with Crippen LogP contribution in [0.4, 0.5) is 0 Å². The molecule has 0 atom stereocenters. The summed E-state index contributed by atoms with van der Waals surface area (Å²) in [5, 5.41) is 11.5. The number of nitrogens with zero attached hydrogens (tertiary/aromatic N) is 1. The predicted molar refractivity (Wildman–Crippen MR) is 73.1 cm³/mol. The van der Waals surface area contributed by atoms with Gasteiger partial charge >= 0.3 is 0 Å². The Bertz CT molecular complexity index is 576. The fourth-order valence-corrected chi connectivity index (χ4v) is 2.02. The molecule has 1 N–H and O–H groups in total. The fourth-order valence-electron chi connectivity index (χ4n) is 1.73. The summed E-state index contributed by atoms with van der Waals surface area (Å²) in [6.07, 6.45) is 1.66. The van der Waals surface area contributed by atoms with E-state index >= 15 is 0 Å². The number of aliphatic hydroxyl groups excluding tert-OH is 1. The maximum absolute atomic E-state index is 9.20. The molecule has 0 aliphatic rings. The van der Waals surface area contributed by atoms with E-state index in [4.69, 9.17) is 16.3 Å². The molecule has 1 heterocycles. The molecular weight excluding hydrogens is 250 g/mol. The van der Waals surface area contributed by atoms with Gasteiger partial charge in [0, 0.05) is 17.0 Å². The topological polar surface area (TPSA) is 42.4 Å². The second-order valence-electron chi connectivity index (χ2n) is 5.12. The van der Waals surface area contributed by atoms with Crippen molar-refractivity contribution in [1.29, 1.82) is 0 Å². The first-order chi connectivity index (χ1) is 8.42. The van der Waals surface area contributed by atoms with Crippen molar-refractivity contribution in [3.8, 4) is 5.88 Å². The summed E-state index contributed by atoms with van der Waals surface area (Å²) in [5.74, 6) is 0.561. The quantitative estimate of drug-likeness (QED) is 0.903. The highest BCUT2D eigenvalue weighted by molar-refractivity contribution is 6.36. The Hall–Kier alpha value is -1.32. The van der Waals surface area contributed by atoms with E-state index in [1.807, 2.05) is 32.9 Å². The number of aliphatic hydroxyl groups is 1. The minimum Gasteiger partial charge on any atom is -0.471 e. The molecule has 18 heavy (non-hydrogen) atoms. The van der Waals surface area contributed by atoms with Gasteiger partial charge in [-0.05, 0) is 38.5 Å². The maximum atomic E-state index is 9.20. The van der Waals surface area contributed by atoms with Gasteiger partial charge in [-0.3, -0.25) is 0 Å². The fraction of sp³-hybridized carbons (Fsp3) is 0.357. The third-order valence-corrected chi connectivity index (χ3v) is 2.94. The van der Waals surface area contributed by atoms with Gasteiger partial charge < -0.3 is 9.84 Å². The molecule has 1 aromatic carbocycles. The first-order valence-corrected chi connectivity index (χ1v) is 6.16. The molecule has 2 rings (SSSR count). The number of pyridine rings is 1. The molecule has 0 aliphatic carbocycles. The molecular formula is C14H16ClNO2. The lowest BCUT2D eigenvalue weighted by Crippen LogP contribution is -2.23. The summed E-state index contributed by atoms with van der Waals surface area (Å²) in [6, 6.07) is 5.50. The van der Waals surface area contributed by atoms with E-state index in [1.165, 1.54) is 0 Å².